The number of rotatable bonds is 3. The van der Waals surface area contributed by atoms with Gasteiger partial charge in [0.2, 0.25) is 0 Å². The fraction of sp³-hybridized carbons (Fsp3) is 0.182. The number of hydrogen-bond donors (Lipinski definition) is 5. The van der Waals surface area contributed by atoms with Gasteiger partial charge < -0.3 is 15.3 Å². The lowest BCUT2D eigenvalue weighted by atomic mass is 9.70. The summed E-state index contributed by atoms with van der Waals surface area (Å²) in [6, 6.07) is 14.6. The van der Waals surface area contributed by atoms with Crippen molar-refractivity contribution in [1.29, 1.82) is 0 Å². The highest BCUT2D eigenvalue weighted by atomic mass is 32.1. The maximum absolute atomic E-state index is 10.1. The van der Waals surface area contributed by atoms with Gasteiger partial charge in [0.05, 0.1) is 0 Å². The van der Waals surface area contributed by atoms with Crippen LogP contribution in [-0.2, 0) is 5.41 Å². The molecule has 3 nitrogen and oxygen atoms in total. The van der Waals surface area contributed by atoms with Crippen LogP contribution >= 0.6 is 25.3 Å². The van der Waals surface area contributed by atoms with E-state index in [9.17, 15) is 15.3 Å². The van der Waals surface area contributed by atoms with Crippen LogP contribution in [0.2, 0.25) is 0 Å². The second-order valence-electron chi connectivity index (χ2n) is 6.99. The summed E-state index contributed by atoms with van der Waals surface area (Å²) in [7, 11) is 0. The number of hydrogen-bond acceptors (Lipinski definition) is 5. The average Bonchev–Trinajstić information content (AvgIpc) is 2.63. The molecule has 0 aliphatic heterocycles. The molecule has 0 saturated heterocycles. The standard InChI is InChI=1S/C22H22O3S2/c1-12-8-14(4-6-17(12)23)22(3,15-5-7-18(24)19(26)10-15)16-9-13(2)21(25)20(27)11-16/h4-11,23-27H,1-3H3. The molecule has 0 bridgehead atoms. The Balaban J connectivity index is 2.35. The summed E-state index contributed by atoms with van der Waals surface area (Å²) in [6.45, 7) is 5.76. The van der Waals surface area contributed by atoms with E-state index in [2.05, 4.69) is 32.2 Å². The van der Waals surface area contributed by atoms with Gasteiger partial charge in [0.1, 0.15) is 17.2 Å². The van der Waals surface area contributed by atoms with E-state index in [-0.39, 0.29) is 17.2 Å². The van der Waals surface area contributed by atoms with E-state index in [1.165, 1.54) is 0 Å². The third-order valence-electron chi connectivity index (χ3n) is 5.18. The summed E-state index contributed by atoms with van der Waals surface area (Å²) in [5.74, 6) is 0.508. The van der Waals surface area contributed by atoms with Gasteiger partial charge in [-0.25, -0.2) is 0 Å². The Hall–Kier alpha value is -2.24. The van der Waals surface area contributed by atoms with Crippen molar-refractivity contribution in [3.05, 3.63) is 76.3 Å². The van der Waals surface area contributed by atoms with Crippen molar-refractivity contribution in [1.82, 2.24) is 0 Å². The molecular weight excluding hydrogens is 376 g/mol. The third-order valence-corrected chi connectivity index (χ3v) is 5.88. The molecule has 0 aliphatic carbocycles. The summed E-state index contributed by atoms with van der Waals surface area (Å²) >= 11 is 8.79. The SMILES string of the molecule is Cc1cc(C(C)(c2ccc(O)c(S)c2)c2cc(C)c(O)c(S)c2)ccc1O. The summed E-state index contributed by atoms with van der Waals surface area (Å²) in [5.41, 5.74) is 3.71. The lowest BCUT2D eigenvalue weighted by Gasteiger charge is -2.33. The van der Waals surface area contributed by atoms with Crippen LogP contribution in [0.4, 0.5) is 0 Å². The van der Waals surface area contributed by atoms with E-state index in [4.69, 9.17) is 0 Å². The molecule has 3 aromatic rings. The molecule has 3 N–H and O–H groups in total. The molecular formula is C22H22O3S2. The second-order valence-corrected chi connectivity index (χ2v) is 7.95. The monoisotopic (exact) mass is 398 g/mol. The molecule has 1 unspecified atom stereocenters. The minimum absolute atomic E-state index is 0.114. The maximum atomic E-state index is 10.1. The summed E-state index contributed by atoms with van der Waals surface area (Å²) < 4.78 is 0. The van der Waals surface area contributed by atoms with Gasteiger partial charge in [-0.05, 0) is 72.9 Å². The van der Waals surface area contributed by atoms with Crippen LogP contribution in [0.15, 0.2) is 58.3 Å². The van der Waals surface area contributed by atoms with Crippen molar-refractivity contribution in [2.45, 2.75) is 36.0 Å². The van der Waals surface area contributed by atoms with Gasteiger partial charge in [-0.2, -0.15) is 0 Å². The van der Waals surface area contributed by atoms with Gasteiger partial charge in [0, 0.05) is 15.2 Å². The fourth-order valence-corrected chi connectivity index (χ4v) is 3.88. The number of aromatic hydroxyl groups is 3. The molecule has 1 atom stereocenters. The average molecular weight is 399 g/mol. The van der Waals surface area contributed by atoms with Crippen molar-refractivity contribution in [2.24, 2.45) is 0 Å². The molecule has 27 heavy (non-hydrogen) atoms. The Morgan fingerprint density at radius 3 is 1.74 bits per heavy atom. The Morgan fingerprint density at radius 2 is 1.19 bits per heavy atom. The normalized spacial score (nSPS) is 13.4. The number of thiol groups is 2. The third kappa shape index (κ3) is 3.37. The molecule has 5 heteroatoms. The van der Waals surface area contributed by atoms with E-state index in [1.54, 1.807) is 12.1 Å². The summed E-state index contributed by atoms with van der Waals surface area (Å²) in [4.78, 5) is 0.979. The molecule has 0 amide bonds. The molecule has 0 aromatic heterocycles. The van der Waals surface area contributed by atoms with Crippen LogP contribution in [0.1, 0.15) is 34.7 Å². The van der Waals surface area contributed by atoms with Crippen molar-refractivity contribution in [3.63, 3.8) is 0 Å². The van der Waals surface area contributed by atoms with Crippen LogP contribution in [0.25, 0.3) is 0 Å². The fourth-order valence-electron chi connectivity index (χ4n) is 3.35. The first-order valence-corrected chi connectivity index (χ1v) is 9.39. The smallest absolute Gasteiger partial charge is 0.131 e. The number of aryl methyl sites for hydroxylation is 2. The first-order valence-electron chi connectivity index (χ1n) is 8.50. The van der Waals surface area contributed by atoms with Crippen molar-refractivity contribution in [3.8, 4) is 17.2 Å². The Labute approximate surface area is 170 Å². The Kier molecular flexibility index (Phi) is 5.10. The van der Waals surface area contributed by atoms with Crippen molar-refractivity contribution >= 4 is 25.3 Å². The molecule has 0 saturated carbocycles. The zero-order valence-corrected chi connectivity index (χ0v) is 17.1. The van der Waals surface area contributed by atoms with Gasteiger partial charge in [0.25, 0.3) is 0 Å². The predicted molar refractivity (Wildman–Crippen MR) is 114 cm³/mol. The molecule has 0 radical (unpaired) electrons. The first kappa shape index (κ1) is 19.5. The van der Waals surface area contributed by atoms with Gasteiger partial charge in [0.15, 0.2) is 0 Å². The predicted octanol–water partition coefficient (Wildman–Crippen LogP) is 5.35. The quantitative estimate of drug-likeness (QED) is 0.305. The summed E-state index contributed by atoms with van der Waals surface area (Å²) in [6.07, 6.45) is 0. The Bertz CT molecular complexity index is 954. The van der Waals surface area contributed by atoms with Crippen LogP contribution in [0.3, 0.4) is 0 Å². The second kappa shape index (κ2) is 7.06. The molecule has 0 heterocycles. The highest BCUT2D eigenvalue weighted by Gasteiger charge is 2.33. The van der Waals surface area contributed by atoms with Gasteiger partial charge in [-0.15, -0.1) is 25.3 Å². The van der Waals surface area contributed by atoms with E-state index in [0.29, 0.717) is 9.79 Å². The highest BCUT2D eigenvalue weighted by molar-refractivity contribution is 7.80. The van der Waals surface area contributed by atoms with Crippen LogP contribution in [0.5, 0.6) is 17.2 Å². The molecule has 140 valence electrons. The minimum Gasteiger partial charge on any atom is -0.508 e. The van der Waals surface area contributed by atoms with Gasteiger partial charge in [-0.1, -0.05) is 24.3 Å². The molecule has 3 aromatic carbocycles. The van der Waals surface area contributed by atoms with E-state index in [0.717, 1.165) is 27.8 Å². The van der Waals surface area contributed by atoms with Crippen LogP contribution in [0, 0.1) is 13.8 Å². The van der Waals surface area contributed by atoms with Crippen molar-refractivity contribution < 1.29 is 15.3 Å². The zero-order chi connectivity index (χ0) is 19.9. The van der Waals surface area contributed by atoms with E-state index in [1.807, 2.05) is 50.2 Å². The first-order chi connectivity index (χ1) is 12.6. The van der Waals surface area contributed by atoms with Crippen LogP contribution < -0.4 is 0 Å². The highest BCUT2D eigenvalue weighted by Crippen LogP contribution is 2.44. The lowest BCUT2D eigenvalue weighted by Crippen LogP contribution is -2.25. The van der Waals surface area contributed by atoms with Crippen LogP contribution in [-0.4, -0.2) is 15.3 Å². The lowest BCUT2D eigenvalue weighted by molar-refractivity contribution is 0.457. The minimum atomic E-state index is -0.612. The van der Waals surface area contributed by atoms with Gasteiger partial charge >= 0.3 is 0 Å². The van der Waals surface area contributed by atoms with E-state index >= 15 is 0 Å². The molecule has 0 fully saturated rings. The maximum Gasteiger partial charge on any atom is 0.131 e. The van der Waals surface area contributed by atoms with E-state index < -0.39 is 5.41 Å². The summed E-state index contributed by atoms with van der Waals surface area (Å²) in [5, 5.41) is 30.0. The number of benzene rings is 3. The topological polar surface area (TPSA) is 60.7 Å². The van der Waals surface area contributed by atoms with Gasteiger partial charge in [-0.3, -0.25) is 0 Å². The molecule has 0 aliphatic rings. The zero-order valence-electron chi connectivity index (χ0n) is 15.4. The largest absolute Gasteiger partial charge is 0.508 e. The number of phenols is 3. The number of phenolic OH excluding ortho intramolecular Hbond substituents is 3. The Morgan fingerprint density at radius 1 is 0.667 bits per heavy atom. The van der Waals surface area contributed by atoms with Crippen molar-refractivity contribution in [2.75, 3.05) is 0 Å². The molecule has 0 spiro atoms. The molecule has 3 rings (SSSR count).